The third-order valence-electron chi connectivity index (χ3n) is 2.21. The molecule has 0 saturated heterocycles. The van der Waals surface area contributed by atoms with Gasteiger partial charge in [-0.2, -0.15) is 5.10 Å². The topological polar surface area (TPSA) is 55.1 Å². The predicted octanol–water partition coefficient (Wildman–Crippen LogP) is 2.94. The van der Waals surface area contributed by atoms with Crippen LogP contribution >= 0.6 is 23.2 Å². The summed E-state index contributed by atoms with van der Waals surface area (Å²) in [6.07, 6.45) is 2.77. The van der Waals surface area contributed by atoms with Crippen molar-refractivity contribution in [2.75, 3.05) is 0 Å². The zero-order valence-electron chi connectivity index (χ0n) is 8.60. The maximum absolute atomic E-state index is 10.7. The minimum Gasteiger partial charge on any atom is -0.478 e. The Morgan fingerprint density at radius 3 is 2.71 bits per heavy atom. The van der Waals surface area contributed by atoms with Crippen molar-refractivity contribution in [1.82, 2.24) is 9.78 Å². The maximum atomic E-state index is 10.7. The molecule has 0 radical (unpaired) electrons. The van der Waals surface area contributed by atoms with Crippen LogP contribution in [0, 0.1) is 0 Å². The van der Waals surface area contributed by atoms with Crippen LogP contribution in [0.3, 0.4) is 0 Å². The lowest BCUT2D eigenvalue weighted by Crippen LogP contribution is -2.00. The van der Waals surface area contributed by atoms with E-state index < -0.39 is 5.97 Å². The van der Waals surface area contributed by atoms with Gasteiger partial charge in [-0.15, -0.1) is 0 Å². The Morgan fingerprint density at radius 2 is 2.12 bits per heavy atom. The van der Waals surface area contributed by atoms with Crippen LogP contribution in [0.25, 0.3) is 0 Å². The average molecular weight is 271 g/mol. The fraction of sp³-hybridized carbons (Fsp3) is 0.0909. The number of hydrogen-bond acceptors (Lipinski definition) is 2. The number of halogens is 2. The lowest BCUT2D eigenvalue weighted by molar-refractivity contribution is 0.0697. The first kappa shape index (κ1) is 12.0. The molecular weight excluding hydrogens is 263 g/mol. The van der Waals surface area contributed by atoms with Crippen LogP contribution in [0.1, 0.15) is 15.9 Å². The van der Waals surface area contributed by atoms with Gasteiger partial charge in [0, 0.05) is 6.20 Å². The summed E-state index contributed by atoms with van der Waals surface area (Å²) in [6, 6.07) is 5.24. The number of carboxylic acids is 1. The van der Waals surface area contributed by atoms with Gasteiger partial charge in [-0.1, -0.05) is 29.3 Å². The smallest absolute Gasteiger partial charge is 0.338 e. The maximum Gasteiger partial charge on any atom is 0.338 e. The molecule has 4 nitrogen and oxygen atoms in total. The minimum absolute atomic E-state index is 0.157. The average Bonchev–Trinajstić information content (AvgIpc) is 2.72. The van der Waals surface area contributed by atoms with Crippen molar-refractivity contribution in [1.29, 1.82) is 0 Å². The zero-order valence-corrected chi connectivity index (χ0v) is 10.1. The quantitative estimate of drug-likeness (QED) is 0.933. The second kappa shape index (κ2) is 4.77. The molecule has 1 aromatic heterocycles. The van der Waals surface area contributed by atoms with Crippen LogP contribution in [0.4, 0.5) is 0 Å². The van der Waals surface area contributed by atoms with Gasteiger partial charge in [0.1, 0.15) is 0 Å². The van der Waals surface area contributed by atoms with Gasteiger partial charge in [-0.25, -0.2) is 4.79 Å². The van der Waals surface area contributed by atoms with E-state index in [1.807, 2.05) is 6.07 Å². The lowest BCUT2D eigenvalue weighted by Gasteiger charge is -2.03. The monoisotopic (exact) mass is 270 g/mol. The van der Waals surface area contributed by atoms with Crippen LogP contribution in [-0.4, -0.2) is 20.9 Å². The highest BCUT2D eigenvalue weighted by Crippen LogP contribution is 2.22. The molecule has 88 valence electrons. The Morgan fingerprint density at radius 1 is 1.35 bits per heavy atom. The highest BCUT2D eigenvalue weighted by atomic mass is 35.5. The van der Waals surface area contributed by atoms with Crippen LogP contribution in [0.5, 0.6) is 0 Å². The molecule has 0 amide bonds. The van der Waals surface area contributed by atoms with Gasteiger partial charge < -0.3 is 5.11 Å². The van der Waals surface area contributed by atoms with E-state index in [0.717, 1.165) is 5.56 Å². The molecule has 6 heteroatoms. The van der Waals surface area contributed by atoms with E-state index in [9.17, 15) is 4.79 Å². The number of nitrogens with zero attached hydrogens (tertiary/aromatic N) is 2. The first-order chi connectivity index (χ1) is 8.06. The summed E-state index contributed by atoms with van der Waals surface area (Å²) >= 11 is 11.7. The highest BCUT2D eigenvalue weighted by molar-refractivity contribution is 6.42. The van der Waals surface area contributed by atoms with Crippen LogP contribution in [0.2, 0.25) is 10.0 Å². The molecule has 2 rings (SSSR count). The van der Waals surface area contributed by atoms with Gasteiger partial charge in [0.15, 0.2) is 0 Å². The Kier molecular flexibility index (Phi) is 3.36. The van der Waals surface area contributed by atoms with E-state index in [1.165, 1.54) is 17.1 Å². The number of rotatable bonds is 3. The summed E-state index contributed by atoms with van der Waals surface area (Å²) in [5.74, 6) is -0.995. The van der Waals surface area contributed by atoms with Gasteiger partial charge in [-0.3, -0.25) is 4.68 Å². The molecular formula is C11H8Cl2N2O2. The van der Waals surface area contributed by atoms with E-state index in [2.05, 4.69) is 5.10 Å². The lowest BCUT2D eigenvalue weighted by atomic mass is 10.2. The molecule has 0 spiro atoms. The Balaban J connectivity index is 2.19. The Labute approximate surface area is 107 Å². The fourth-order valence-electron chi connectivity index (χ4n) is 1.39. The summed E-state index contributed by atoms with van der Waals surface area (Å²) in [5, 5.41) is 13.7. The largest absolute Gasteiger partial charge is 0.478 e. The molecule has 0 aliphatic rings. The van der Waals surface area contributed by atoms with E-state index in [4.69, 9.17) is 28.3 Å². The van der Waals surface area contributed by atoms with Crippen molar-refractivity contribution in [3.8, 4) is 0 Å². The van der Waals surface area contributed by atoms with E-state index in [-0.39, 0.29) is 5.56 Å². The molecule has 0 bridgehead atoms. The molecule has 0 aliphatic heterocycles. The van der Waals surface area contributed by atoms with Crippen molar-refractivity contribution in [2.45, 2.75) is 6.54 Å². The van der Waals surface area contributed by atoms with Gasteiger partial charge >= 0.3 is 5.97 Å². The number of benzene rings is 1. The van der Waals surface area contributed by atoms with Crippen LogP contribution < -0.4 is 0 Å². The Hall–Kier alpha value is -1.52. The van der Waals surface area contributed by atoms with Crippen molar-refractivity contribution in [3.63, 3.8) is 0 Å². The minimum atomic E-state index is -0.995. The summed E-state index contributed by atoms with van der Waals surface area (Å²) < 4.78 is 1.53. The molecule has 0 atom stereocenters. The van der Waals surface area contributed by atoms with Gasteiger partial charge in [0.2, 0.25) is 0 Å². The number of carboxylic acid groups (broad SMARTS) is 1. The first-order valence-electron chi connectivity index (χ1n) is 4.76. The number of aromatic carboxylic acids is 1. The zero-order chi connectivity index (χ0) is 12.4. The number of carbonyl (C=O) groups is 1. The predicted molar refractivity (Wildman–Crippen MR) is 64.8 cm³/mol. The van der Waals surface area contributed by atoms with Crippen molar-refractivity contribution < 1.29 is 9.90 Å². The molecule has 0 unspecified atom stereocenters. The summed E-state index contributed by atoms with van der Waals surface area (Å²) in [7, 11) is 0. The van der Waals surface area contributed by atoms with Gasteiger partial charge in [0.05, 0.1) is 28.4 Å². The molecule has 1 N–H and O–H groups in total. The van der Waals surface area contributed by atoms with Crippen molar-refractivity contribution in [3.05, 3.63) is 51.8 Å². The van der Waals surface area contributed by atoms with Crippen LogP contribution in [0.15, 0.2) is 30.6 Å². The third kappa shape index (κ3) is 2.78. The second-order valence-corrected chi connectivity index (χ2v) is 4.29. The molecule has 1 heterocycles. The van der Waals surface area contributed by atoms with E-state index >= 15 is 0 Å². The van der Waals surface area contributed by atoms with Crippen LogP contribution in [-0.2, 0) is 6.54 Å². The van der Waals surface area contributed by atoms with Gasteiger partial charge in [-0.05, 0) is 17.7 Å². The second-order valence-electron chi connectivity index (χ2n) is 3.48. The SMILES string of the molecule is O=C(O)c1cnn(Cc2ccc(Cl)c(Cl)c2)c1. The Bertz CT molecular complexity index is 566. The van der Waals surface area contributed by atoms with Crippen molar-refractivity contribution >= 4 is 29.2 Å². The van der Waals surface area contributed by atoms with Gasteiger partial charge in [0.25, 0.3) is 0 Å². The standard InChI is InChI=1S/C11H8Cl2N2O2/c12-9-2-1-7(3-10(9)13)5-15-6-8(4-14-15)11(16)17/h1-4,6H,5H2,(H,16,17). The summed E-state index contributed by atoms with van der Waals surface area (Å²) in [5.41, 5.74) is 1.06. The molecule has 1 aromatic carbocycles. The molecule has 0 saturated carbocycles. The first-order valence-corrected chi connectivity index (χ1v) is 5.51. The van der Waals surface area contributed by atoms with E-state index in [1.54, 1.807) is 12.1 Å². The summed E-state index contributed by atoms with van der Waals surface area (Å²) in [6.45, 7) is 0.449. The molecule has 2 aromatic rings. The van der Waals surface area contributed by atoms with Crippen molar-refractivity contribution in [2.24, 2.45) is 0 Å². The molecule has 17 heavy (non-hydrogen) atoms. The number of hydrogen-bond donors (Lipinski definition) is 1. The molecule has 0 aliphatic carbocycles. The summed E-state index contributed by atoms with van der Waals surface area (Å²) in [4.78, 5) is 10.7. The van der Waals surface area contributed by atoms with E-state index in [0.29, 0.717) is 16.6 Å². The highest BCUT2D eigenvalue weighted by Gasteiger charge is 2.06. The fourth-order valence-corrected chi connectivity index (χ4v) is 1.71. The molecule has 0 fully saturated rings. The normalized spacial score (nSPS) is 10.5. The number of aromatic nitrogens is 2. The third-order valence-corrected chi connectivity index (χ3v) is 2.95.